The third-order valence-corrected chi connectivity index (χ3v) is 2.98. The molecule has 0 spiro atoms. The number of benzene rings is 2. The van der Waals surface area contributed by atoms with Crippen LogP contribution in [0.4, 0.5) is 0 Å². The molecule has 1 atom stereocenters. The number of hydrogen-bond donors (Lipinski definition) is 1. The van der Waals surface area contributed by atoms with Gasteiger partial charge >= 0.3 is 0 Å². The summed E-state index contributed by atoms with van der Waals surface area (Å²) in [6, 6.07) is 20.8. The van der Waals surface area contributed by atoms with Gasteiger partial charge in [0.15, 0.2) is 0 Å². The second kappa shape index (κ2) is 7.10. The highest BCUT2D eigenvalue weighted by Gasteiger charge is 2.12. The molecule has 2 aromatic rings. The molecule has 0 aliphatic rings. The Balaban J connectivity index is 1.90. The molecule has 0 saturated carbocycles. The van der Waals surface area contributed by atoms with Crippen molar-refractivity contribution in [3.8, 4) is 6.07 Å². The summed E-state index contributed by atoms with van der Waals surface area (Å²) in [6.45, 7) is 0. The first-order valence-corrected chi connectivity index (χ1v) is 6.55. The summed E-state index contributed by atoms with van der Waals surface area (Å²) in [4.78, 5) is 11.9. The summed E-state index contributed by atoms with van der Waals surface area (Å²) in [5.41, 5.74) is 1.99. The van der Waals surface area contributed by atoms with Crippen LogP contribution < -0.4 is 5.32 Å². The van der Waals surface area contributed by atoms with Gasteiger partial charge in [-0.05, 0) is 11.1 Å². The van der Waals surface area contributed by atoms with Crippen molar-refractivity contribution in [3.05, 3.63) is 71.8 Å². The largest absolute Gasteiger partial charge is 0.340 e. The van der Waals surface area contributed by atoms with E-state index in [1.54, 1.807) is 0 Å². The monoisotopic (exact) mass is 264 g/mol. The Hall–Kier alpha value is -2.60. The van der Waals surface area contributed by atoms with Crippen LogP contribution in [0.2, 0.25) is 0 Å². The highest BCUT2D eigenvalue weighted by Crippen LogP contribution is 2.04. The van der Waals surface area contributed by atoms with Crippen LogP contribution in [0.15, 0.2) is 60.7 Å². The first kappa shape index (κ1) is 13.8. The van der Waals surface area contributed by atoms with Gasteiger partial charge < -0.3 is 5.32 Å². The zero-order chi connectivity index (χ0) is 14.2. The Morgan fingerprint density at radius 1 is 1.00 bits per heavy atom. The second-order valence-corrected chi connectivity index (χ2v) is 4.60. The minimum atomic E-state index is -0.492. The lowest BCUT2D eigenvalue weighted by atomic mass is 10.1. The molecule has 0 aromatic heterocycles. The van der Waals surface area contributed by atoms with E-state index >= 15 is 0 Å². The van der Waals surface area contributed by atoms with Crippen molar-refractivity contribution in [1.82, 2.24) is 5.32 Å². The predicted octanol–water partition coefficient (Wildman–Crippen LogP) is 2.48. The predicted molar refractivity (Wildman–Crippen MR) is 77.8 cm³/mol. The second-order valence-electron chi connectivity index (χ2n) is 4.60. The van der Waals surface area contributed by atoms with Gasteiger partial charge in [-0.1, -0.05) is 60.7 Å². The standard InChI is InChI=1S/C17H16N2O/c18-13-16(11-14-7-3-1-4-8-14)19-17(20)12-15-9-5-2-6-10-15/h1-10,16H,11-12H2,(H,19,20). The topological polar surface area (TPSA) is 52.9 Å². The Bertz CT molecular complexity index is 587. The van der Waals surface area contributed by atoms with Crippen LogP contribution in [0.1, 0.15) is 11.1 Å². The molecule has 100 valence electrons. The van der Waals surface area contributed by atoms with Gasteiger partial charge in [0.05, 0.1) is 12.5 Å². The number of nitrogens with zero attached hydrogens (tertiary/aromatic N) is 1. The minimum Gasteiger partial charge on any atom is -0.340 e. The molecule has 0 fully saturated rings. The molecular formula is C17H16N2O. The molecule has 0 heterocycles. The van der Waals surface area contributed by atoms with E-state index in [4.69, 9.17) is 5.26 Å². The van der Waals surface area contributed by atoms with Crippen molar-refractivity contribution in [2.45, 2.75) is 18.9 Å². The number of hydrogen-bond acceptors (Lipinski definition) is 2. The van der Waals surface area contributed by atoms with E-state index in [9.17, 15) is 4.79 Å². The Labute approximate surface area is 118 Å². The lowest BCUT2D eigenvalue weighted by Gasteiger charge is -2.11. The van der Waals surface area contributed by atoms with Crippen LogP contribution in [0, 0.1) is 11.3 Å². The molecule has 0 bridgehead atoms. The fourth-order valence-corrected chi connectivity index (χ4v) is 2.01. The van der Waals surface area contributed by atoms with Gasteiger partial charge in [0.2, 0.25) is 5.91 Å². The highest BCUT2D eigenvalue weighted by molar-refractivity contribution is 5.79. The maximum absolute atomic E-state index is 11.9. The third-order valence-electron chi connectivity index (χ3n) is 2.98. The van der Waals surface area contributed by atoms with Crippen molar-refractivity contribution >= 4 is 5.91 Å². The van der Waals surface area contributed by atoms with Crippen LogP contribution >= 0.6 is 0 Å². The zero-order valence-corrected chi connectivity index (χ0v) is 11.1. The van der Waals surface area contributed by atoms with Crippen LogP contribution in [0.3, 0.4) is 0 Å². The molecular weight excluding hydrogens is 248 g/mol. The minimum absolute atomic E-state index is 0.126. The summed E-state index contributed by atoms with van der Waals surface area (Å²) < 4.78 is 0. The fourth-order valence-electron chi connectivity index (χ4n) is 2.01. The summed E-state index contributed by atoms with van der Waals surface area (Å²) in [6.07, 6.45) is 0.825. The molecule has 3 heteroatoms. The first-order chi connectivity index (χ1) is 9.78. The first-order valence-electron chi connectivity index (χ1n) is 6.55. The fraction of sp³-hybridized carbons (Fsp3) is 0.176. The molecule has 1 N–H and O–H groups in total. The third kappa shape index (κ3) is 4.25. The number of carbonyl (C=O) groups excluding carboxylic acids is 1. The van der Waals surface area contributed by atoms with Crippen LogP contribution in [-0.2, 0) is 17.6 Å². The molecule has 0 aliphatic carbocycles. The normalized spacial score (nSPS) is 11.3. The number of amides is 1. The van der Waals surface area contributed by atoms with E-state index in [0.717, 1.165) is 11.1 Å². The molecule has 20 heavy (non-hydrogen) atoms. The van der Waals surface area contributed by atoms with Crippen molar-refractivity contribution in [1.29, 1.82) is 5.26 Å². The maximum Gasteiger partial charge on any atom is 0.225 e. The zero-order valence-electron chi connectivity index (χ0n) is 11.1. The van der Waals surface area contributed by atoms with Crippen LogP contribution in [0.25, 0.3) is 0 Å². The molecule has 0 saturated heterocycles. The number of nitrogens with one attached hydrogen (secondary N) is 1. The number of carbonyl (C=O) groups is 1. The van der Waals surface area contributed by atoms with E-state index < -0.39 is 6.04 Å². The highest BCUT2D eigenvalue weighted by atomic mass is 16.1. The summed E-state index contributed by atoms with van der Waals surface area (Å²) in [7, 11) is 0. The SMILES string of the molecule is N#CC(Cc1ccccc1)NC(=O)Cc1ccccc1. The van der Waals surface area contributed by atoms with Gasteiger partial charge in [0.1, 0.15) is 6.04 Å². The molecule has 1 amide bonds. The smallest absolute Gasteiger partial charge is 0.225 e. The molecule has 3 nitrogen and oxygen atoms in total. The van der Waals surface area contributed by atoms with Crippen molar-refractivity contribution in [3.63, 3.8) is 0 Å². The van der Waals surface area contributed by atoms with Gasteiger partial charge in [-0.25, -0.2) is 0 Å². The summed E-state index contributed by atoms with van der Waals surface area (Å²) in [5, 5.41) is 11.9. The maximum atomic E-state index is 11.9. The number of nitriles is 1. The van der Waals surface area contributed by atoms with Gasteiger partial charge in [0, 0.05) is 6.42 Å². The molecule has 0 radical (unpaired) electrons. The number of rotatable bonds is 5. The molecule has 2 aromatic carbocycles. The van der Waals surface area contributed by atoms with Gasteiger partial charge in [-0.3, -0.25) is 4.79 Å². The quantitative estimate of drug-likeness (QED) is 0.902. The Morgan fingerprint density at radius 2 is 1.55 bits per heavy atom. The molecule has 1 unspecified atom stereocenters. The summed E-state index contributed by atoms with van der Waals surface area (Å²) in [5.74, 6) is -0.126. The van der Waals surface area contributed by atoms with E-state index in [-0.39, 0.29) is 5.91 Å². The lowest BCUT2D eigenvalue weighted by molar-refractivity contribution is -0.120. The van der Waals surface area contributed by atoms with Gasteiger partial charge in [-0.2, -0.15) is 5.26 Å². The Morgan fingerprint density at radius 3 is 2.10 bits per heavy atom. The van der Waals surface area contributed by atoms with Crippen LogP contribution in [0.5, 0.6) is 0 Å². The average Bonchev–Trinajstić information content (AvgIpc) is 2.48. The van der Waals surface area contributed by atoms with Gasteiger partial charge in [0.25, 0.3) is 0 Å². The van der Waals surface area contributed by atoms with Crippen molar-refractivity contribution < 1.29 is 4.79 Å². The van der Waals surface area contributed by atoms with Crippen molar-refractivity contribution in [2.75, 3.05) is 0 Å². The van der Waals surface area contributed by atoms with Crippen molar-refractivity contribution in [2.24, 2.45) is 0 Å². The average molecular weight is 264 g/mol. The van der Waals surface area contributed by atoms with E-state index in [0.29, 0.717) is 12.8 Å². The molecule has 0 aliphatic heterocycles. The summed E-state index contributed by atoms with van der Waals surface area (Å²) >= 11 is 0. The van der Waals surface area contributed by atoms with Crippen LogP contribution in [-0.4, -0.2) is 11.9 Å². The van der Waals surface area contributed by atoms with E-state index in [2.05, 4.69) is 11.4 Å². The van der Waals surface area contributed by atoms with E-state index in [1.807, 2.05) is 60.7 Å². The van der Waals surface area contributed by atoms with E-state index in [1.165, 1.54) is 0 Å². The Kier molecular flexibility index (Phi) is 4.91. The van der Waals surface area contributed by atoms with Gasteiger partial charge in [-0.15, -0.1) is 0 Å². The molecule has 2 rings (SSSR count). The lowest BCUT2D eigenvalue weighted by Crippen LogP contribution is -2.36.